The van der Waals surface area contributed by atoms with Crippen LogP contribution in [-0.2, 0) is 9.53 Å². The van der Waals surface area contributed by atoms with Gasteiger partial charge in [-0.05, 0) is 25.7 Å². The molecule has 1 rings (SSSR count). The lowest BCUT2D eigenvalue weighted by atomic mass is 9.84. The summed E-state index contributed by atoms with van der Waals surface area (Å²) in [6.45, 7) is 6.78. The molecule has 122 valence electrons. The number of ether oxygens (including phenoxy) is 1. The fraction of sp³-hybridized carbons (Fsp3) is 0.867. The van der Waals surface area contributed by atoms with Crippen LogP contribution in [0.4, 0.5) is 4.79 Å². The van der Waals surface area contributed by atoms with Crippen LogP contribution in [0.2, 0.25) is 0 Å². The van der Waals surface area contributed by atoms with Gasteiger partial charge in [-0.1, -0.05) is 20.3 Å². The van der Waals surface area contributed by atoms with Crippen LogP contribution in [0.15, 0.2) is 0 Å². The quantitative estimate of drug-likeness (QED) is 0.639. The van der Waals surface area contributed by atoms with E-state index < -0.39 is 11.4 Å². The maximum Gasteiger partial charge on any atom is 0.317 e. The summed E-state index contributed by atoms with van der Waals surface area (Å²) in [7, 11) is 0. The maximum absolute atomic E-state index is 12.0. The lowest BCUT2D eigenvalue weighted by Gasteiger charge is -2.23. The molecule has 0 bridgehead atoms. The number of amides is 2. The highest BCUT2D eigenvalue weighted by Crippen LogP contribution is 2.34. The molecule has 0 spiro atoms. The SMILES string of the molecule is CCCCOCCCNC(=O)N1CCC(CC)(C(=O)O)C1. The number of urea groups is 1. The van der Waals surface area contributed by atoms with Crippen LogP contribution in [0.3, 0.4) is 0 Å². The molecule has 6 nitrogen and oxygen atoms in total. The molecule has 1 atom stereocenters. The zero-order valence-electron chi connectivity index (χ0n) is 13.2. The van der Waals surface area contributed by atoms with E-state index in [2.05, 4.69) is 12.2 Å². The van der Waals surface area contributed by atoms with Crippen LogP contribution in [0.1, 0.15) is 46.0 Å². The minimum atomic E-state index is -0.801. The smallest absolute Gasteiger partial charge is 0.317 e. The van der Waals surface area contributed by atoms with Crippen LogP contribution in [0, 0.1) is 5.41 Å². The minimum absolute atomic E-state index is 0.167. The van der Waals surface area contributed by atoms with E-state index >= 15 is 0 Å². The molecule has 21 heavy (non-hydrogen) atoms. The Bertz CT molecular complexity index is 349. The number of aliphatic carboxylic acids is 1. The fourth-order valence-corrected chi connectivity index (χ4v) is 2.49. The normalized spacial score (nSPS) is 21.5. The van der Waals surface area contributed by atoms with Crippen molar-refractivity contribution in [2.75, 3.05) is 32.8 Å². The van der Waals surface area contributed by atoms with Gasteiger partial charge < -0.3 is 20.1 Å². The van der Waals surface area contributed by atoms with Crippen LogP contribution >= 0.6 is 0 Å². The summed E-state index contributed by atoms with van der Waals surface area (Å²) in [5.74, 6) is -0.801. The third-order valence-corrected chi connectivity index (χ3v) is 4.16. The number of likely N-dealkylation sites (tertiary alicyclic amines) is 1. The number of hydrogen-bond acceptors (Lipinski definition) is 3. The average Bonchev–Trinajstić information content (AvgIpc) is 2.92. The van der Waals surface area contributed by atoms with Gasteiger partial charge in [0.05, 0.1) is 5.41 Å². The van der Waals surface area contributed by atoms with Gasteiger partial charge in [0.25, 0.3) is 0 Å². The zero-order chi connectivity index (χ0) is 15.7. The Hall–Kier alpha value is -1.30. The van der Waals surface area contributed by atoms with Gasteiger partial charge in [0, 0.05) is 32.8 Å². The van der Waals surface area contributed by atoms with Crippen molar-refractivity contribution in [1.29, 1.82) is 0 Å². The van der Waals surface area contributed by atoms with E-state index in [9.17, 15) is 14.7 Å². The van der Waals surface area contributed by atoms with E-state index in [4.69, 9.17) is 4.74 Å². The summed E-state index contributed by atoms with van der Waals surface area (Å²) in [5, 5.41) is 12.1. The van der Waals surface area contributed by atoms with Gasteiger partial charge in [0.2, 0.25) is 0 Å². The molecule has 2 N–H and O–H groups in total. The first-order valence-electron chi connectivity index (χ1n) is 7.89. The van der Waals surface area contributed by atoms with E-state index in [1.54, 1.807) is 4.90 Å². The summed E-state index contributed by atoms with van der Waals surface area (Å²) in [6.07, 6.45) is 4.05. The second-order valence-corrected chi connectivity index (χ2v) is 5.66. The number of unbranched alkanes of at least 4 members (excludes halogenated alkanes) is 1. The lowest BCUT2D eigenvalue weighted by molar-refractivity contribution is -0.148. The number of carboxylic acid groups (broad SMARTS) is 1. The van der Waals surface area contributed by atoms with Gasteiger partial charge in [-0.25, -0.2) is 4.79 Å². The summed E-state index contributed by atoms with van der Waals surface area (Å²) in [4.78, 5) is 24.9. The first kappa shape index (κ1) is 17.8. The maximum atomic E-state index is 12.0. The largest absolute Gasteiger partial charge is 0.481 e. The fourth-order valence-electron chi connectivity index (χ4n) is 2.49. The molecule has 1 unspecified atom stereocenters. The minimum Gasteiger partial charge on any atom is -0.481 e. The third kappa shape index (κ3) is 5.19. The van der Waals surface area contributed by atoms with Crippen LogP contribution in [0.5, 0.6) is 0 Å². The molecule has 1 heterocycles. The molecule has 0 aromatic heterocycles. The number of carbonyl (C=O) groups is 2. The topological polar surface area (TPSA) is 78.9 Å². The Balaban J connectivity index is 2.20. The van der Waals surface area contributed by atoms with Crippen molar-refractivity contribution in [2.45, 2.75) is 46.0 Å². The van der Waals surface area contributed by atoms with Crippen molar-refractivity contribution >= 4 is 12.0 Å². The van der Waals surface area contributed by atoms with Gasteiger partial charge in [-0.15, -0.1) is 0 Å². The highest BCUT2D eigenvalue weighted by atomic mass is 16.5. The molecule has 0 aliphatic carbocycles. The monoisotopic (exact) mass is 300 g/mol. The summed E-state index contributed by atoms with van der Waals surface area (Å²) in [5.41, 5.74) is -0.763. The lowest BCUT2D eigenvalue weighted by Crippen LogP contribution is -2.42. The Kier molecular flexibility index (Phi) is 7.50. The number of rotatable bonds is 9. The Morgan fingerprint density at radius 3 is 2.57 bits per heavy atom. The molecule has 1 fully saturated rings. The molecular formula is C15H28N2O4. The van der Waals surface area contributed by atoms with E-state index in [1.165, 1.54) is 0 Å². The second kappa shape index (κ2) is 8.87. The highest BCUT2D eigenvalue weighted by Gasteiger charge is 2.44. The number of nitrogens with zero attached hydrogens (tertiary/aromatic N) is 1. The molecule has 0 radical (unpaired) electrons. The first-order valence-corrected chi connectivity index (χ1v) is 7.89. The second-order valence-electron chi connectivity index (χ2n) is 5.66. The van der Waals surface area contributed by atoms with E-state index in [0.717, 1.165) is 25.9 Å². The molecule has 0 saturated carbocycles. The van der Waals surface area contributed by atoms with E-state index in [-0.39, 0.29) is 6.03 Å². The number of carbonyl (C=O) groups excluding carboxylic acids is 1. The number of carboxylic acids is 1. The van der Waals surface area contributed by atoms with Crippen LogP contribution in [0.25, 0.3) is 0 Å². The van der Waals surface area contributed by atoms with Gasteiger partial charge in [-0.3, -0.25) is 4.79 Å². The number of hydrogen-bond donors (Lipinski definition) is 2. The van der Waals surface area contributed by atoms with Gasteiger partial charge >= 0.3 is 12.0 Å². The average molecular weight is 300 g/mol. The third-order valence-electron chi connectivity index (χ3n) is 4.16. The highest BCUT2D eigenvalue weighted by molar-refractivity contribution is 5.79. The Labute approximate surface area is 126 Å². The Morgan fingerprint density at radius 2 is 2.00 bits per heavy atom. The molecule has 1 saturated heterocycles. The molecule has 2 amide bonds. The molecule has 0 aromatic carbocycles. The van der Waals surface area contributed by atoms with Crippen molar-refractivity contribution in [2.24, 2.45) is 5.41 Å². The molecule has 6 heteroatoms. The molecular weight excluding hydrogens is 272 g/mol. The van der Waals surface area contributed by atoms with Gasteiger partial charge in [0.1, 0.15) is 0 Å². The van der Waals surface area contributed by atoms with Crippen molar-refractivity contribution in [3.63, 3.8) is 0 Å². The summed E-state index contributed by atoms with van der Waals surface area (Å²) < 4.78 is 5.42. The summed E-state index contributed by atoms with van der Waals surface area (Å²) in [6, 6.07) is -0.167. The summed E-state index contributed by atoms with van der Waals surface area (Å²) >= 11 is 0. The van der Waals surface area contributed by atoms with Crippen molar-refractivity contribution < 1.29 is 19.4 Å². The standard InChI is InChI=1S/C15H28N2O4/c1-3-5-10-21-11-6-8-16-14(20)17-9-7-15(4-2,12-17)13(18)19/h3-12H2,1-2H3,(H,16,20)(H,18,19). The molecule has 1 aliphatic heterocycles. The van der Waals surface area contributed by atoms with Gasteiger partial charge in [0.15, 0.2) is 0 Å². The van der Waals surface area contributed by atoms with Crippen LogP contribution in [-0.4, -0.2) is 54.9 Å². The van der Waals surface area contributed by atoms with E-state index in [0.29, 0.717) is 39.1 Å². The predicted octanol–water partition coefficient (Wildman–Crippen LogP) is 2.09. The first-order chi connectivity index (χ1) is 10.1. The number of nitrogens with one attached hydrogen (secondary N) is 1. The van der Waals surface area contributed by atoms with Crippen molar-refractivity contribution in [1.82, 2.24) is 10.2 Å². The van der Waals surface area contributed by atoms with Crippen LogP contribution < -0.4 is 5.32 Å². The van der Waals surface area contributed by atoms with Crippen molar-refractivity contribution in [3.05, 3.63) is 0 Å². The van der Waals surface area contributed by atoms with Crippen molar-refractivity contribution in [3.8, 4) is 0 Å². The zero-order valence-corrected chi connectivity index (χ0v) is 13.2. The molecule has 1 aliphatic rings. The van der Waals surface area contributed by atoms with Gasteiger partial charge in [-0.2, -0.15) is 0 Å². The van der Waals surface area contributed by atoms with E-state index in [1.807, 2.05) is 6.92 Å². The Morgan fingerprint density at radius 1 is 1.29 bits per heavy atom. The predicted molar refractivity (Wildman–Crippen MR) is 80.3 cm³/mol. The molecule has 0 aromatic rings.